The third-order valence-electron chi connectivity index (χ3n) is 7.02. The minimum atomic E-state index is -0.524. The van der Waals surface area contributed by atoms with E-state index in [9.17, 15) is 2.74 Å². The van der Waals surface area contributed by atoms with Crippen molar-refractivity contribution in [3.63, 3.8) is 0 Å². The van der Waals surface area contributed by atoms with Crippen molar-refractivity contribution in [3.8, 4) is 33.4 Å². The molecule has 0 N–H and O–H groups in total. The van der Waals surface area contributed by atoms with Gasteiger partial charge in [-0.05, 0) is 79.1 Å². The van der Waals surface area contributed by atoms with Crippen LogP contribution in [-0.4, -0.2) is 0 Å². The summed E-state index contributed by atoms with van der Waals surface area (Å²) in [5, 5.41) is 1.82. The number of rotatable bonds is 3. The zero-order valence-electron chi connectivity index (χ0n) is 32.3. The lowest BCUT2D eigenvalue weighted by molar-refractivity contribution is 0.669. The van der Waals surface area contributed by atoms with E-state index >= 15 is 0 Å². The second kappa shape index (κ2) is 8.72. The fourth-order valence-corrected chi connectivity index (χ4v) is 5.33. The molecule has 0 aliphatic rings. The summed E-state index contributed by atoms with van der Waals surface area (Å²) in [5.41, 5.74) is 1.95. The predicted molar refractivity (Wildman–Crippen MR) is 165 cm³/mol. The molecule has 0 saturated heterocycles. The Morgan fingerprint density at radius 1 is 0.410 bits per heavy atom. The summed E-state index contributed by atoms with van der Waals surface area (Å²) in [6.07, 6.45) is 0. The minimum Gasteiger partial charge on any atom is -0.456 e. The molecule has 0 spiro atoms. The van der Waals surface area contributed by atoms with Crippen molar-refractivity contribution >= 4 is 43.5 Å². The summed E-state index contributed by atoms with van der Waals surface area (Å²) in [7, 11) is 0. The molecule has 0 bridgehead atoms. The van der Waals surface area contributed by atoms with Gasteiger partial charge in [0, 0.05) is 10.8 Å². The monoisotopic (exact) mass is 508 g/mol. The molecule has 0 aliphatic heterocycles. The van der Waals surface area contributed by atoms with Crippen molar-refractivity contribution in [2.24, 2.45) is 0 Å². The van der Waals surface area contributed by atoms with Gasteiger partial charge in [-0.1, -0.05) is 121 Å². The van der Waals surface area contributed by atoms with Crippen LogP contribution in [-0.2, 0) is 0 Å². The van der Waals surface area contributed by atoms with Gasteiger partial charge in [0.2, 0.25) is 0 Å². The highest BCUT2D eigenvalue weighted by atomic mass is 16.3. The Labute approximate surface area is 243 Å². The van der Waals surface area contributed by atoms with Crippen LogP contribution in [0.25, 0.3) is 76.9 Å². The minimum absolute atomic E-state index is 0.00753. The Bertz CT molecular complexity index is 2800. The highest BCUT2D eigenvalue weighted by molar-refractivity contribution is 6.22. The Hall–Kier alpha value is -5.14. The maximum absolute atomic E-state index is 9.59. The second-order valence-electron chi connectivity index (χ2n) is 9.18. The third kappa shape index (κ3) is 3.48. The van der Waals surface area contributed by atoms with E-state index in [-0.39, 0.29) is 57.2 Å². The van der Waals surface area contributed by atoms with Crippen LogP contribution in [0.1, 0.15) is 16.4 Å². The van der Waals surface area contributed by atoms with Crippen LogP contribution >= 0.6 is 0 Å². The molecule has 1 heteroatoms. The highest BCUT2D eigenvalue weighted by Gasteiger charge is 2.18. The summed E-state index contributed by atoms with van der Waals surface area (Å²) >= 11 is 0. The van der Waals surface area contributed by atoms with Gasteiger partial charge in [0.1, 0.15) is 11.2 Å². The molecule has 8 aromatic rings. The first-order valence-electron chi connectivity index (χ1n) is 18.4. The van der Waals surface area contributed by atoms with Crippen molar-refractivity contribution in [2.75, 3.05) is 0 Å². The highest BCUT2D eigenvalue weighted by Crippen LogP contribution is 2.45. The van der Waals surface area contributed by atoms with Crippen LogP contribution in [0.2, 0.25) is 0 Å². The summed E-state index contributed by atoms with van der Waals surface area (Å²) in [5.74, 6) is 0. The largest absolute Gasteiger partial charge is 0.456 e. The maximum atomic E-state index is 9.59. The van der Waals surface area contributed by atoms with E-state index in [0.717, 1.165) is 11.1 Å². The zero-order chi connectivity index (χ0) is 36.2. The topological polar surface area (TPSA) is 13.1 Å². The lowest BCUT2D eigenvalue weighted by Gasteiger charge is -2.19. The van der Waals surface area contributed by atoms with E-state index in [0.29, 0.717) is 32.7 Å². The maximum Gasteiger partial charge on any atom is 0.135 e. The molecular formula is C38H24O. The second-order valence-corrected chi connectivity index (χ2v) is 9.18. The van der Waals surface area contributed by atoms with E-state index in [1.54, 1.807) is 30.3 Å². The van der Waals surface area contributed by atoms with Gasteiger partial charge in [-0.25, -0.2) is 0 Å². The van der Waals surface area contributed by atoms with Gasteiger partial charge in [-0.2, -0.15) is 0 Å². The van der Waals surface area contributed by atoms with Crippen molar-refractivity contribution in [2.45, 2.75) is 0 Å². The number of fused-ring (bicyclic) bond motifs is 5. The molecular weight excluding hydrogens is 472 g/mol. The molecule has 0 radical (unpaired) electrons. The normalized spacial score (nSPS) is 15.9. The first-order chi connectivity index (χ1) is 24.3. The molecule has 8 rings (SSSR count). The molecule has 0 amide bonds. The van der Waals surface area contributed by atoms with Crippen molar-refractivity contribution in [3.05, 3.63) is 145 Å². The Morgan fingerprint density at radius 3 is 1.90 bits per heavy atom. The molecule has 1 heterocycles. The van der Waals surface area contributed by atoms with Gasteiger partial charge in [0.15, 0.2) is 0 Å². The van der Waals surface area contributed by atoms with Crippen LogP contribution in [0.3, 0.4) is 0 Å². The number of para-hydroxylation sites is 1. The van der Waals surface area contributed by atoms with Crippen LogP contribution in [0.15, 0.2) is 150 Å². The van der Waals surface area contributed by atoms with Gasteiger partial charge < -0.3 is 4.42 Å². The van der Waals surface area contributed by atoms with E-state index in [1.807, 2.05) is 42.5 Å². The third-order valence-corrected chi connectivity index (χ3v) is 7.02. The first-order valence-corrected chi connectivity index (χ1v) is 12.4. The number of hydrogen-bond donors (Lipinski definition) is 0. The Morgan fingerprint density at radius 2 is 1.08 bits per heavy atom. The van der Waals surface area contributed by atoms with Gasteiger partial charge >= 0.3 is 0 Å². The molecule has 7 aromatic carbocycles. The quantitative estimate of drug-likeness (QED) is 0.216. The van der Waals surface area contributed by atoms with E-state index in [2.05, 4.69) is 0 Å². The SMILES string of the molecule is [2H]c1c([2H])c([2H])c(-c2c3ccccc3c(-c3c([2H])c([2H])c4oc5c([2H])c([2H])c([2H])c([2H])c5c4c3[2H])c3cc(-c4ccccc4)ccc23)c([2H])c1[2H]. The van der Waals surface area contributed by atoms with Crippen molar-refractivity contribution in [1.82, 2.24) is 0 Å². The molecule has 1 nitrogen and oxygen atoms in total. The fraction of sp³-hybridized carbons (Fsp3) is 0. The molecule has 0 saturated carbocycles. The molecule has 182 valence electrons. The van der Waals surface area contributed by atoms with E-state index < -0.39 is 48.3 Å². The number of hydrogen-bond acceptors (Lipinski definition) is 1. The summed E-state index contributed by atoms with van der Waals surface area (Å²) < 4.78 is 110. The Kier molecular flexibility index (Phi) is 2.92. The van der Waals surface area contributed by atoms with Crippen molar-refractivity contribution < 1.29 is 20.9 Å². The van der Waals surface area contributed by atoms with Gasteiger partial charge in [-0.15, -0.1) is 0 Å². The molecule has 0 atom stereocenters. The summed E-state index contributed by atoms with van der Waals surface area (Å²) in [4.78, 5) is 0. The average Bonchev–Trinajstić information content (AvgIpc) is 3.56. The van der Waals surface area contributed by atoms with Crippen LogP contribution in [0.5, 0.6) is 0 Å². The van der Waals surface area contributed by atoms with Gasteiger partial charge in [0.25, 0.3) is 0 Å². The standard InChI is InChI=1S/C38H24O/c1-3-11-25(12-4-1)27-19-21-32-34(23-27)38(28-20-22-36-33(24-28)29-15-9-10-18-35(29)39-36)31-17-8-7-16-30(31)37(32)26-13-5-2-6-14-26/h1-24H/i2D,5D,6D,9D,10D,13D,14D,15D,18D,20D,22D,24D. The molecule has 1 aromatic heterocycles. The van der Waals surface area contributed by atoms with Gasteiger partial charge in [-0.3, -0.25) is 0 Å². The van der Waals surface area contributed by atoms with Crippen LogP contribution in [0, 0.1) is 0 Å². The molecule has 0 aliphatic carbocycles. The van der Waals surface area contributed by atoms with E-state index in [1.165, 1.54) is 0 Å². The first kappa shape index (κ1) is 13.1. The summed E-state index contributed by atoms with van der Waals surface area (Å²) in [6.45, 7) is 0. The van der Waals surface area contributed by atoms with Crippen LogP contribution in [0.4, 0.5) is 0 Å². The van der Waals surface area contributed by atoms with Crippen molar-refractivity contribution in [1.29, 1.82) is 0 Å². The lowest BCUT2D eigenvalue weighted by atomic mass is 9.84. The number of benzene rings is 7. The van der Waals surface area contributed by atoms with E-state index in [4.69, 9.17) is 18.1 Å². The predicted octanol–water partition coefficient (Wildman–Crippen LogP) is 10.9. The average molecular weight is 509 g/mol. The van der Waals surface area contributed by atoms with Crippen LogP contribution < -0.4 is 0 Å². The lowest BCUT2D eigenvalue weighted by Crippen LogP contribution is -1.91. The Balaban J connectivity index is 1.62. The zero-order valence-corrected chi connectivity index (χ0v) is 20.3. The van der Waals surface area contributed by atoms with Gasteiger partial charge in [0.05, 0.1) is 16.4 Å². The fourth-order valence-electron chi connectivity index (χ4n) is 5.33. The molecule has 0 unspecified atom stereocenters. The number of furan rings is 1. The summed E-state index contributed by atoms with van der Waals surface area (Å²) in [6, 6.07) is 16.7. The smallest absolute Gasteiger partial charge is 0.135 e. The molecule has 39 heavy (non-hydrogen) atoms. The molecule has 0 fully saturated rings.